The number of amides is 1. The number of benzene rings is 2. The number of nitrogens with one attached hydrogen (secondary N) is 1. The van der Waals surface area contributed by atoms with Gasteiger partial charge in [-0.15, -0.1) is 11.8 Å². The molecule has 0 aliphatic carbocycles. The van der Waals surface area contributed by atoms with Crippen LogP contribution in [0.5, 0.6) is 0 Å². The van der Waals surface area contributed by atoms with Gasteiger partial charge in [0.15, 0.2) is 6.10 Å². The van der Waals surface area contributed by atoms with E-state index < -0.39 is 18.0 Å². The van der Waals surface area contributed by atoms with Gasteiger partial charge in [0.2, 0.25) is 0 Å². The molecule has 0 aromatic heterocycles. The second kappa shape index (κ2) is 10.6. The van der Waals surface area contributed by atoms with Gasteiger partial charge in [-0.05, 0) is 61.6 Å². The van der Waals surface area contributed by atoms with E-state index in [-0.39, 0.29) is 6.42 Å². The molecule has 0 saturated carbocycles. The molecule has 0 aliphatic rings. The highest BCUT2D eigenvalue weighted by molar-refractivity contribution is 7.99. The smallest absolute Gasteiger partial charge is 0.306 e. The average molecular weight is 403 g/mol. The minimum absolute atomic E-state index is 0.238. The molecule has 140 valence electrons. The average Bonchev–Trinajstić information content (AvgIpc) is 2.66. The van der Waals surface area contributed by atoms with Crippen LogP contribution in [0.4, 0.5) is 5.69 Å². The molecule has 0 spiro atoms. The minimum atomic E-state index is -0.910. The second-order valence-corrected chi connectivity index (χ2v) is 7.32. The molecule has 1 N–H and O–H groups in total. The molecule has 0 radical (unpaired) electrons. The molecule has 0 unspecified atom stereocenters. The Labute approximate surface area is 167 Å². The topological polar surface area (TPSA) is 79.2 Å². The van der Waals surface area contributed by atoms with E-state index in [0.717, 1.165) is 10.6 Å². The quantitative estimate of drug-likeness (QED) is 0.395. The van der Waals surface area contributed by atoms with Crippen LogP contribution in [0.25, 0.3) is 0 Å². The van der Waals surface area contributed by atoms with Crippen LogP contribution in [0.1, 0.15) is 25.3 Å². The molecule has 0 saturated heterocycles. The van der Waals surface area contributed by atoms with Crippen LogP contribution in [0.15, 0.2) is 53.4 Å². The van der Waals surface area contributed by atoms with Gasteiger partial charge >= 0.3 is 5.97 Å². The van der Waals surface area contributed by atoms with Gasteiger partial charge < -0.3 is 10.1 Å². The number of carbonyl (C=O) groups excluding carboxylic acids is 2. The van der Waals surface area contributed by atoms with Gasteiger partial charge in [-0.3, -0.25) is 9.59 Å². The molecular formula is C20H19ClN2O3S. The monoisotopic (exact) mass is 402 g/mol. The van der Waals surface area contributed by atoms with Crippen molar-refractivity contribution in [1.82, 2.24) is 0 Å². The summed E-state index contributed by atoms with van der Waals surface area (Å²) >= 11 is 7.47. The molecule has 5 nitrogen and oxygen atoms in total. The number of carbonyl (C=O) groups is 2. The number of nitriles is 1. The fraction of sp³-hybridized carbons (Fsp3) is 0.250. The van der Waals surface area contributed by atoms with Crippen molar-refractivity contribution in [3.8, 4) is 6.07 Å². The predicted octanol–water partition coefficient (Wildman–Crippen LogP) is 4.65. The van der Waals surface area contributed by atoms with Crippen LogP contribution in [0, 0.1) is 11.3 Å². The van der Waals surface area contributed by atoms with Crippen molar-refractivity contribution < 1.29 is 14.3 Å². The maximum atomic E-state index is 12.1. The molecule has 0 fully saturated rings. The van der Waals surface area contributed by atoms with Crippen molar-refractivity contribution in [1.29, 1.82) is 5.26 Å². The standard InChI is InChI=1S/C20H19ClN2O3S/c1-14(20(25)23-17-5-2-4-15(12-17)13-22)26-19(24)6-3-11-27-18-9-7-16(21)8-10-18/h2,4-5,7-10,12,14H,3,6,11H2,1H3,(H,23,25)/t14-/m0/s1. The first-order chi connectivity index (χ1) is 13.0. The number of halogens is 1. The van der Waals surface area contributed by atoms with E-state index in [1.807, 2.05) is 30.3 Å². The molecule has 1 amide bonds. The summed E-state index contributed by atoms with van der Waals surface area (Å²) in [6.07, 6.45) is -0.0283. The molecule has 0 bridgehead atoms. The summed E-state index contributed by atoms with van der Waals surface area (Å²) in [7, 11) is 0. The Morgan fingerprint density at radius 1 is 1.26 bits per heavy atom. The van der Waals surface area contributed by atoms with E-state index >= 15 is 0 Å². The van der Waals surface area contributed by atoms with E-state index in [2.05, 4.69) is 5.32 Å². The first kappa shape index (κ1) is 20.8. The number of hydrogen-bond donors (Lipinski definition) is 1. The first-order valence-electron chi connectivity index (χ1n) is 8.37. The fourth-order valence-electron chi connectivity index (χ4n) is 2.16. The van der Waals surface area contributed by atoms with Gasteiger partial charge in [0, 0.05) is 22.0 Å². The number of anilines is 1. The summed E-state index contributed by atoms with van der Waals surface area (Å²) < 4.78 is 5.17. The van der Waals surface area contributed by atoms with Crippen molar-refractivity contribution in [3.05, 3.63) is 59.1 Å². The third-order valence-electron chi connectivity index (χ3n) is 3.54. The Kier molecular flexibility index (Phi) is 8.18. The minimum Gasteiger partial charge on any atom is -0.453 e. The number of ether oxygens (including phenoxy) is 1. The maximum Gasteiger partial charge on any atom is 0.306 e. The van der Waals surface area contributed by atoms with Crippen molar-refractivity contribution >= 4 is 40.9 Å². The van der Waals surface area contributed by atoms with Gasteiger partial charge in [0.05, 0.1) is 11.6 Å². The summed E-state index contributed by atoms with van der Waals surface area (Å²) in [6.45, 7) is 1.52. The molecule has 2 aromatic rings. The van der Waals surface area contributed by atoms with E-state index in [0.29, 0.717) is 22.7 Å². The van der Waals surface area contributed by atoms with E-state index in [1.165, 1.54) is 6.92 Å². The van der Waals surface area contributed by atoms with Crippen LogP contribution >= 0.6 is 23.4 Å². The molecule has 2 aromatic carbocycles. The van der Waals surface area contributed by atoms with Gasteiger partial charge in [-0.1, -0.05) is 17.7 Å². The van der Waals surface area contributed by atoms with Crippen molar-refractivity contribution in [2.45, 2.75) is 30.8 Å². The molecule has 0 heterocycles. The molecule has 0 aliphatic heterocycles. The van der Waals surface area contributed by atoms with Crippen LogP contribution < -0.4 is 5.32 Å². The third-order valence-corrected chi connectivity index (χ3v) is 4.89. The number of thioether (sulfide) groups is 1. The molecule has 27 heavy (non-hydrogen) atoms. The number of rotatable bonds is 8. The first-order valence-corrected chi connectivity index (χ1v) is 9.73. The van der Waals surface area contributed by atoms with Gasteiger partial charge in [0.1, 0.15) is 0 Å². The van der Waals surface area contributed by atoms with Crippen LogP contribution in [0.3, 0.4) is 0 Å². The third kappa shape index (κ3) is 7.33. The molecule has 1 atom stereocenters. The highest BCUT2D eigenvalue weighted by Gasteiger charge is 2.17. The lowest BCUT2D eigenvalue weighted by atomic mass is 10.2. The summed E-state index contributed by atoms with van der Waals surface area (Å²) in [6, 6.07) is 16.0. The lowest BCUT2D eigenvalue weighted by Gasteiger charge is -2.13. The zero-order valence-electron chi connectivity index (χ0n) is 14.8. The van der Waals surface area contributed by atoms with E-state index in [1.54, 1.807) is 36.0 Å². The normalized spacial score (nSPS) is 11.3. The maximum absolute atomic E-state index is 12.1. The van der Waals surface area contributed by atoms with Gasteiger partial charge in [0.25, 0.3) is 5.91 Å². The van der Waals surface area contributed by atoms with E-state index in [4.69, 9.17) is 21.6 Å². The Bertz CT molecular complexity index is 834. The Hall–Kier alpha value is -2.49. The predicted molar refractivity (Wildman–Crippen MR) is 107 cm³/mol. The summed E-state index contributed by atoms with van der Waals surface area (Å²) in [5, 5.41) is 12.2. The zero-order valence-corrected chi connectivity index (χ0v) is 16.3. The lowest BCUT2D eigenvalue weighted by molar-refractivity contribution is -0.153. The van der Waals surface area contributed by atoms with Gasteiger partial charge in [-0.25, -0.2) is 0 Å². The number of esters is 1. The summed E-state index contributed by atoms with van der Waals surface area (Å²) in [5.41, 5.74) is 0.928. The number of nitrogens with zero attached hydrogens (tertiary/aromatic N) is 1. The SMILES string of the molecule is C[C@H](OC(=O)CCCSc1ccc(Cl)cc1)C(=O)Nc1cccc(C#N)c1. The van der Waals surface area contributed by atoms with Crippen molar-refractivity contribution in [3.63, 3.8) is 0 Å². The summed E-state index contributed by atoms with van der Waals surface area (Å²) in [5.74, 6) is -0.0905. The van der Waals surface area contributed by atoms with Crippen LogP contribution in [0.2, 0.25) is 5.02 Å². The second-order valence-electron chi connectivity index (χ2n) is 5.72. The Morgan fingerprint density at radius 3 is 2.70 bits per heavy atom. The fourth-order valence-corrected chi connectivity index (χ4v) is 3.14. The van der Waals surface area contributed by atoms with Crippen molar-refractivity contribution in [2.75, 3.05) is 11.1 Å². The summed E-state index contributed by atoms with van der Waals surface area (Å²) in [4.78, 5) is 25.1. The molecular weight excluding hydrogens is 384 g/mol. The van der Waals surface area contributed by atoms with Crippen LogP contribution in [-0.4, -0.2) is 23.7 Å². The Morgan fingerprint density at radius 2 is 2.00 bits per heavy atom. The molecule has 7 heteroatoms. The zero-order chi connectivity index (χ0) is 19.6. The van der Waals surface area contributed by atoms with Gasteiger partial charge in [-0.2, -0.15) is 5.26 Å². The van der Waals surface area contributed by atoms with Crippen molar-refractivity contribution in [2.24, 2.45) is 0 Å². The lowest BCUT2D eigenvalue weighted by Crippen LogP contribution is -2.30. The van der Waals surface area contributed by atoms with Crippen LogP contribution in [-0.2, 0) is 14.3 Å². The molecule has 2 rings (SSSR count). The number of hydrogen-bond acceptors (Lipinski definition) is 5. The largest absolute Gasteiger partial charge is 0.453 e. The van der Waals surface area contributed by atoms with E-state index in [9.17, 15) is 9.59 Å². The Balaban J connectivity index is 1.70. The highest BCUT2D eigenvalue weighted by atomic mass is 35.5. The highest BCUT2D eigenvalue weighted by Crippen LogP contribution is 2.21.